The van der Waals surface area contributed by atoms with Crippen molar-refractivity contribution in [3.8, 4) is 6.07 Å². The first-order chi connectivity index (χ1) is 9.12. The van der Waals surface area contributed by atoms with Gasteiger partial charge in [-0.1, -0.05) is 12.5 Å². The Morgan fingerprint density at radius 3 is 2.95 bits per heavy atom. The van der Waals surface area contributed by atoms with Crippen LogP contribution in [-0.4, -0.2) is 24.1 Å². The molecule has 2 heterocycles. The van der Waals surface area contributed by atoms with Gasteiger partial charge >= 0.3 is 0 Å². The first kappa shape index (κ1) is 12.2. The molecule has 0 bridgehead atoms. The van der Waals surface area contributed by atoms with E-state index in [9.17, 15) is 8.42 Å². The van der Waals surface area contributed by atoms with Crippen LogP contribution in [0.4, 0.5) is 0 Å². The van der Waals surface area contributed by atoms with Gasteiger partial charge in [0.05, 0.1) is 16.8 Å². The van der Waals surface area contributed by atoms with Gasteiger partial charge in [-0.25, -0.2) is 13.4 Å². The zero-order valence-electron chi connectivity index (χ0n) is 10.3. The van der Waals surface area contributed by atoms with Gasteiger partial charge in [0, 0.05) is 0 Å². The van der Waals surface area contributed by atoms with Gasteiger partial charge in [0.15, 0.2) is 9.84 Å². The maximum atomic E-state index is 12.1. The van der Waals surface area contributed by atoms with Gasteiger partial charge in [0.25, 0.3) is 0 Å². The second kappa shape index (κ2) is 4.35. The van der Waals surface area contributed by atoms with Crippen LogP contribution in [0, 0.1) is 11.3 Å². The number of imidazole rings is 1. The minimum atomic E-state index is -3.12. The number of hydrogen-bond donors (Lipinski definition) is 1. The number of para-hydroxylation sites is 1. The van der Waals surface area contributed by atoms with E-state index in [2.05, 4.69) is 16.0 Å². The Balaban J connectivity index is 2.14. The Kier molecular flexibility index (Phi) is 2.79. The molecule has 2 aromatic rings. The highest BCUT2D eigenvalue weighted by Gasteiger charge is 2.32. The molecule has 1 aromatic carbocycles. The summed E-state index contributed by atoms with van der Waals surface area (Å²) in [4.78, 5) is 7.40. The van der Waals surface area contributed by atoms with E-state index in [-0.39, 0.29) is 5.75 Å². The van der Waals surface area contributed by atoms with Crippen molar-refractivity contribution in [3.63, 3.8) is 0 Å². The van der Waals surface area contributed by atoms with Crippen LogP contribution < -0.4 is 0 Å². The third kappa shape index (κ3) is 2.00. The van der Waals surface area contributed by atoms with E-state index in [0.717, 1.165) is 18.4 Å². The van der Waals surface area contributed by atoms with E-state index < -0.39 is 15.1 Å². The number of fused-ring (bicyclic) bond motifs is 1. The molecule has 98 valence electrons. The van der Waals surface area contributed by atoms with E-state index >= 15 is 0 Å². The molecule has 0 radical (unpaired) electrons. The van der Waals surface area contributed by atoms with Crippen molar-refractivity contribution in [1.29, 1.82) is 5.26 Å². The SMILES string of the molecule is N#Cc1cccc2[nH]c(C3CCCCS3(=O)=O)nc12. The van der Waals surface area contributed by atoms with Gasteiger partial charge in [0.2, 0.25) is 0 Å². The molecule has 1 aromatic heterocycles. The normalized spacial score (nSPS) is 22.2. The quantitative estimate of drug-likeness (QED) is 0.863. The van der Waals surface area contributed by atoms with Crippen LogP contribution in [0.3, 0.4) is 0 Å². The van der Waals surface area contributed by atoms with Crippen molar-refractivity contribution >= 4 is 20.9 Å². The summed E-state index contributed by atoms with van der Waals surface area (Å²) < 4.78 is 24.2. The number of H-pyrrole nitrogens is 1. The molecule has 1 unspecified atom stereocenters. The second-order valence-electron chi connectivity index (χ2n) is 4.79. The Bertz CT molecular complexity index is 771. The maximum absolute atomic E-state index is 12.1. The highest BCUT2D eigenvalue weighted by atomic mass is 32.2. The van der Waals surface area contributed by atoms with Gasteiger partial charge in [-0.15, -0.1) is 0 Å². The summed E-state index contributed by atoms with van der Waals surface area (Å²) in [5.74, 6) is 0.692. The topological polar surface area (TPSA) is 86.6 Å². The van der Waals surface area contributed by atoms with Gasteiger partial charge < -0.3 is 4.98 Å². The van der Waals surface area contributed by atoms with Gasteiger partial charge in [-0.2, -0.15) is 5.26 Å². The molecule has 19 heavy (non-hydrogen) atoms. The molecule has 1 aliphatic heterocycles. The Labute approximate surface area is 111 Å². The summed E-state index contributed by atoms with van der Waals surface area (Å²) in [5.41, 5.74) is 1.74. The fourth-order valence-corrected chi connectivity index (χ4v) is 4.42. The monoisotopic (exact) mass is 275 g/mol. The van der Waals surface area contributed by atoms with Crippen LogP contribution in [0.15, 0.2) is 18.2 Å². The first-order valence-corrected chi connectivity index (χ1v) is 7.93. The number of sulfone groups is 1. The Morgan fingerprint density at radius 1 is 1.37 bits per heavy atom. The van der Waals surface area contributed by atoms with Crippen LogP contribution in [0.25, 0.3) is 11.0 Å². The third-order valence-corrected chi connectivity index (χ3v) is 5.72. The average molecular weight is 275 g/mol. The summed E-state index contributed by atoms with van der Waals surface area (Å²) in [7, 11) is -3.12. The molecule has 0 amide bonds. The number of hydrogen-bond acceptors (Lipinski definition) is 4. The summed E-state index contributed by atoms with van der Waals surface area (Å²) >= 11 is 0. The lowest BCUT2D eigenvalue weighted by Crippen LogP contribution is -2.22. The molecule has 1 N–H and O–H groups in total. The molecule has 6 heteroatoms. The molecule has 0 aliphatic carbocycles. The van der Waals surface area contributed by atoms with Crippen LogP contribution in [-0.2, 0) is 9.84 Å². The summed E-state index contributed by atoms with van der Waals surface area (Å²) in [6, 6.07) is 7.33. The summed E-state index contributed by atoms with van der Waals surface area (Å²) in [6.07, 6.45) is 2.22. The molecule has 1 saturated heterocycles. The number of benzene rings is 1. The van der Waals surface area contributed by atoms with Crippen LogP contribution in [0.2, 0.25) is 0 Å². The molecule has 5 nitrogen and oxygen atoms in total. The smallest absolute Gasteiger partial charge is 0.160 e. The molecular formula is C13H13N3O2S. The third-order valence-electron chi connectivity index (χ3n) is 3.54. The zero-order valence-corrected chi connectivity index (χ0v) is 11.1. The van der Waals surface area contributed by atoms with Gasteiger partial charge in [-0.05, 0) is 25.0 Å². The lowest BCUT2D eigenvalue weighted by molar-refractivity contribution is 0.540. The van der Waals surface area contributed by atoms with Crippen molar-refractivity contribution in [2.24, 2.45) is 0 Å². The fraction of sp³-hybridized carbons (Fsp3) is 0.385. The lowest BCUT2D eigenvalue weighted by Gasteiger charge is -2.20. The van der Waals surface area contributed by atoms with Crippen molar-refractivity contribution in [2.75, 3.05) is 5.75 Å². The van der Waals surface area contributed by atoms with Crippen LogP contribution in [0.1, 0.15) is 35.9 Å². The lowest BCUT2D eigenvalue weighted by atomic mass is 10.2. The van der Waals surface area contributed by atoms with Gasteiger partial charge in [0.1, 0.15) is 22.7 Å². The van der Waals surface area contributed by atoms with E-state index in [1.54, 1.807) is 12.1 Å². The maximum Gasteiger partial charge on any atom is 0.160 e. The minimum absolute atomic E-state index is 0.222. The van der Waals surface area contributed by atoms with Gasteiger partial charge in [-0.3, -0.25) is 0 Å². The first-order valence-electron chi connectivity index (χ1n) is 6.22. The highest BCUT2D eigenvalue weighted by molar-refractivity contribution is 7.91. The van der Waals surface area contributed by atoms with E-state index in [4.69, 9.17) is 5.26 Å². The molecule has 3 rings (SSSR count). The standard InChI is InChI=1S/C13H13N3O2S/c14-8-9-4-3-5-10-12(9)16-13(15-10)11-6-1-2-7-19(11,17)18/h3-5,11H,1-2,6-7H2,(H,15,16). The Morgan fingerprint density at radius 2 is 2.21 bits per heavy atom. The number of nitriles is 1. The predicted molar refractivity (Wildman–Crippen MR) is 71.2 cm³/mol. The van der Waals surface area contributed by atoms with Crippen LogP contribution >= 0.6 is 0 Å². The van der Waals surface area contributed by atoms with E-state index in [0.29, 0.717) is 23.3 Å². The number of aromatic amines is 1. The fourth-order valence-electron chi connectivity index (χ4n) is 2.56. The van der Waals surface area contributed by atoms with Crippen molar-refractivity contribution in [3.05, 3.63) is 29.6 Å². The average Bonchev–Trinajstić information content (AvgIpc) is 2.81. The predicted octanol–water partition coefficient (Wildman–Crippen LogP) is 2.07. The number of nitrogens with one attached hydrogen (secondary N) is 1. The number of aromatic nitrogens is 2. The molecule has 1 atom stereocenters. The Hall–Kier alpha value is -1.87. The second-order valence-corrected chi connectivity index (χ2v) is 7.09. The van der Waals surface area contributed by atoms with E-state index in [1.807, 2.05) is 6.07 Å². The number of rotatable bonds is 1. The van der Waals surface area contributed by atoms with Crippen LogP contribution in [0.5, 0.6) is 0 Å². The molecule has 0 saturated carbocycles. The van der Waals surface area contributed by atoms with Crippen molar-refractivity contribution in [2.45, 2.75) is 24.5 Å². The largest absolute Gasteiger partial charge is 0.341 e. The molecular weight excluding hydrogens is 262 g/mol. The molecule has 0 spiro atoms. The zero-order chi connectivity index (χ0) is 13.5. The van der Waals surface area contributed by atoms with E-state index in [1.165, 1.54) is 0 Å². The van der Waals surface area contributed by atoms with Crippen molar-refractivity contribution in [1.82, 2.24) is 9.97 Å². The molecule has 1 aliphatic rings. The summed E-state index contributed by atoms with van der Waals surface area (Å²) in [5, 5.41) is 8.48. The summed E-state index contributed by atoms with van der Waals surface area (Å²) in [6.45, 7) is 0. The minimum Gasteiger partial charge on any atom is -0.341 e. The van der Waals surface area contributed by atoms with Crippen molar-refractivity contribution < 1.29 is 8.42 Å². The molecule has 1 fully saturated rings. The number of nitrogens with zero attached hydrogens (tertiary/aromatic N) is 2. The highest BCUT2D eigenvalue weighted by Crippen LogP contribution is 2.33.